The third kappa shape index (κ3) is 3.46. The van der Waals surface area contributed by atoms with Gasteiger partial charge >= 0.3 is 0 Å². The minimum absolute atomic E-state index is 0.249. The van der Waals surface area contributed by atoms with E-state index in [2.05, 4.69) is 13.5 Å². The van der Waals surface area contributed by atoms with E-state index in [-0.39, 0.29) is 12.0 Å². The molecule has 0 amide bonds. The van der Waals surface area contributed by atoms with E-state index < -0.39 is 0 Å². The lowest BCUT2D eigenvalue weighted by molar-refractivity contribution is 0.147. The molecule has 0 bridgehead atoms. The summed E-state index contributed by atoms with van der Waals surface area (Å²) in [5.74, 6) is 0.276. The van der Waals surface area contributed by atoms with Crippen LogP contribution in [0.25, 0.3) is 0 Å². The second kappa shape index (κ2) is 5.24. The maximum atomic E-state index is 9.15. The topological polar surface area (TPSA) is 20.2 Å². The van der Waals surface area contributed by atoms with Crippen molar-refractivity contribution in [2.24, 2.45) is 5.92 Å². The summed E-state index contributed by atoms with van der Waals surface area (Å²) in [6.07, 6.45) is 6.31. The Labute approximate surface area is 63.1 Å². The third-order valence-electron chi connectivity index (χ3n) is 1.59. The van der Waals surface area contributed by atoms with Crippen LogP contribution in [0.15, 0.2) is 24.8 Å². The third-order valence-corrected chi connectivity index (χ3v) is 1.59. The van der Waals surface area contributed by atoms with Crippen LogP contribution in [0, 0.1) is 5.92 Å². The number of rotatable bonds is 4. The van der Waals surface area contributed by atoms with Gasteiger partial charge in [0, 0.05) is 5.92 Å². The normalized spacial score (nSPS) is 17.1. The summed E-state index contributed by atoms with van der Waals surface area (Å²) < 4.78 is 0. The summed E-state index contributed by atoms with van der Waals surface area (Å²) in [6.45, 7) is 7.43. The average Bonchev–Trinajstić information content (AvgIpc) is 1.89. The maximum absolute atomic E-state index is 9.15. The van der Waals surface area contributed by atoms with Crippen molar-refractivity contribution < 1.29 is 5.11 Å². The van der Waals surface area contributed by atoms with Gasteiger partial charge in [0.15, 0.2) is 0 Å². The Morgan fingerprint density at radius 1 is 1.60 bits per heavy atom. The van der Waals surface area contributed by atoms with Gasteiger partial charge in [-0.25, -0.2) is 0 Å². The van der Waals surface area contributed by atoms with E-state index in [1.807, 2.05) is 19.1 Å². The van der Waals surface area contributed by atoms with Crippen LogP contribution in [0.5, 0.6) is 0 Å². The lowest BCUT2D eigenvalue weighted by atomic mass is 10.0. The van der Waals surface area contributed by atoms with Crippen LogP contribution in [0.3, 0.4) is 0 Å². The van der Waals surface area contributed by atoms with Gasteiger partial charge in [0.25, 0.3) is 0 Å². The maximum Gasteiger partial charge on any atom is 0.0574 e. The first-order valence-corrected chi connectivity index (χ1v) is 3.69. The van der Waals surface area contributed by atoms with Crippen molar-refractivity contribution in [1.82, 2.24) is 0 Å². The van der Waals surface area contributed by atoms with Crippen molar-refractivity contribution in [2.75, 3.05) is 0 Å². The van der Waals surface area contributed by atoms with Crippen molar-refractivity contribution in [1.29, 1.82) is 0 Å². The Morgan fingerprint density at radius 3 is 2.50 bits per heavy atom. The van der Waals surface area contributed by atoms with Crippen molar-refractivity contribution in [3.63, 3.8) is 0 Å². The molecule has 1 heteroatoms. The molecule has 0 heterocycles. The highest BCUT2D eigenvalue weighted by molar-refractivity contribution is 5.00. The SMILES string of the molecule is C=CC=CC(CC)C(C)O. The van der Waals surface area contributed by atoms with Crippen molar-refractivity contribution >= 4 is 0 Å². The van der Waals surface area contributed by atoms with E-state index in [0.29, 0.717) is 0 Å². The summed E-state index contributed by atoms with van der Waals surface area (Å²) in [5.41, 5.74) is 0. The smallest absolute Gasteiger partial charge is 0.0574 e. The van der Waals surface area contributed by atoms with Gasteiger partial charge in [-0.1, -0.05) is 31.7 Å². The molecule has 0 aromatic carbocycles. The lowest BCUT2D eigenvalue weighted by Crippen LogP contribution is -2.12. The zero-order valence-corrected chi connectivity index (χ0v) is 6.75. The van der Waals surface area contributed by atoms with Crippen LogP contribution >= 0.6 is 0 Å². The molecule has 2 atom stereocenters. The second-order valence-corrected chi connectivity index (χ2v) is 2.43. The highest BCUT2D eigenvalue weighted by Crippen LogP contribution is 2.09. The lowest BCUT2D eigenvalue weighted by Gasteiger charge is -2.12. The van der Waals surface area contributed by atoms with E-state index in [0.717, 1.165) is 6.42 Å². The molecule has 0 saturated heterocycles. The number of hydrogen-bond acceptors (Lipinski definition) is 1. The minimum atomic E-state index is -0.249. The average molecular weight is 140 g/mol. The van der Waals surface area contributed by atoms with Gasteiger partial charge in [0.05, 0.1) is 6.10 Å². The predicted octanol–water partition coefficient (Wildman–Crippen LogP) is 2.14. The minimum Gasteiger partial charge on any atom is -0.393 e. The Kier molecular flexibility index (Phi) is 4.95. The number of aliphatic hydroxyl groups excluding tert-OH is 1. The standard InChI is InChI=1S/C9H16O/c1-4-6-7-9(5-2)8(3)10/h4,6-10H,1,5H2,2-3H3. The molecular formula is C9H16O. The van der Waals surface area contributed by atoms with Crippen LogP contribution in [0.2, 0.25) is 0 Å². The summed E-state index contributed by atoms with van der Waals surface area (Å²) in [7, 11) is 0. The number of aliphatic hydroxyl groups is 1. The molecule has 1 N–H and O–H groups in total. The molecule has 10 heavy (non-hydrogen) atoms. The predicted molar refractivity (Wildman–Crippen MR) is 44.8 cm³/mol. The van der Waals surface area contributed by atoms with Gasteiger partial charge in [-0.15, -0.1) is 0 Å². The van der Waals surface area contributed by atoms with E-state index in [9.17, 15) is 0 Å². The zero-order chi connectivity index (χ0) is 7.98. The quantitative estimate of drug-likeness (QED) is 0.593. The molecule has 0 aliphatic rings. The van der Waals surface area contributed by atoms with Crippen molar-refractivity contribution in [3.05, 3.63) is 24.8 Å². The van der Waals surface area contributed by atoms with Crippen molar-refractivity contribution in [3.8, 4) is 0 Å². The first kappa shape index (κ1) is 9.44. The van der Waals surface area contributed by atoms with E-state index in [4.69, 9.17) is 5.11 Å². The van der Waals surface area contributed by atoms with E-state index in [1.165, 1.54) is 0 Å². The molecule has 58 valence electrons. The Balaban J connectivity index is 3.82. The fraction of sp³-hybridized carbons (Fsp3) is 0.556. The van der Waals surface area contributed by atoms with Crippen LogP contribution in [0.4, 0.5) is 0 Å². The van der Waals surface area contributed by atoms with Crippen LogP contribution in [0.1, 0.15) is 20.3 Å². The highest BCUT2D eigenvalue weighted by Gasteiger charge is 2.06. The molecular weight excluding hydrogens is 124 g/mol. The zero-order valence-electron chi connectivity index (χ0n) is 6.75. The van der Waals surface area contributed by atoms with Crippen LogP contribution < -0.4 is 0 Å². The molecule has 0 aliphatic heterocycles. The summed E-state index contributed by atoms with van der Waals surface area (Å²) in [5, 5.41) is 9.15. The molecule has 0 spiro atoms. The summed E-state index contributed by atoms with van der Waals surface area (Å²) >= 11 is 0. The Bertz CT molecular complexity index is 114. The van der Waals surface area contributed by atoms with Gasteiger partial charge in [-0.2, -0.15) is 0 Å². The molecule has 0 aromatic heterocycles. The molecule has 0 saturated carbocycles. The highest BCUT2D eigenvalue weighted by atomic mass is 16.3. The Hall–Kier alpha value is -0.560. The van der Waals surface area contributed by atoms with E-state index >= 15 is 0 Å². The summed E-state index contributed by atoms with van der Waals surface area (Å²) in [4.78, 5) is 0. The molecule has 0 aromatic rings. The first-order valence-electron chi connectivity index (χ1n) is 3.69. The van der Waals surface area contributed by atoms with E-state index in [1.54, 1.807) is 6.08 Å². The van der Waals surface area contributed by atoms with Crippen LogP contribution in [-0.2, 0) is 0 Å². The fourth-order valence-electron chi connectivity index (χ4n) is 0.859. The molecule has 0 radical (unpaired) electrons. The molecule has 2 unspecified atom stereocenters. The van der Waals surface area contributed by atoms with Crippen molar-refractivity contribution in [2.45, 2.75) is 26.4 Å². The summed E-state index contributed by atoms with van der Waals surface area (Å²) in [6, 6.07) is 0. The molecule has 0 rings (SSSR count). The first-order chi connectivity index (χ1) is 4.72. The fourth-order valence-corrected chi connectivity index (χ4v) is 0.859. The van der Waals surface area contributed by atoms with Crippen LogP contribution in [-0.4, -0.2) is 11.2 Å². The second-order valence-electron chi connectivity index (χ2n) is 2.43. The largest absolute Gasteiger partial charge is 0.393 e. The molecule has 1 nitrogen and oxygen atoms in total. The molecule has 0 fully saturated rings. The molecule has 0 aliphatic carbocycles. The monoisotopic (exact) mass is 140 g/mol. The number of allylic oxidation sites excluding steroid dienone is 2. The Morgan fingerprint density at radius 2 is 2.20 bits per heavy atom. The van der Waals surface area contributed by atoms with Gasteiger partial charge in [0.1, 0.15) is 0 Å². The number of hydrogen-bond donors (Lipinski definition) is 1. The van der Waals surface area contributed by atoms with Gasteiger partial charge < -0.3 is 5.11 Å². The van der Waals surface area contributed by atoms with Gasteiger partial charge in [-0.05, 0) is 13.3 Å². The van der Waals surface area contributed by atoms with Gasteiger partial charge in [0.2, 0.25) is 0 Å². The van der Waals surface area contributed by atoms with Gasteiger partial charge in [-0.3, -0.25) is 0 Å².